The third kappa shape index (κ3) is 5.97. The maximum atomic E-state index is 13.6. The number of ether oxygens (including phenoxy) is 2. The second kappa shape index (κ2) is 11.7. The average Bonchev–Trinajstić information content (AvgIpc) is 2.87. The fourth-order valence-electron chi connectivity index (χ4n) is 4.88. The second-order valence-electron chi connectivity index (χ2n) is 8.91. The molecule has 190 valence electrons. The summed E-state index contributed by atoms with van der Waals surface area (Å²) >= 11 is 5.16. The molecule has 35 heavy (non-hydrogen) atoms. The molecule has 3 fully saturated rings. The Morgan fingerprint density at radius 3 is 2.54 bits per heavy atom. The molecule has 2 atom stereocenters. The molecular weight excluding hydrogens is 534 g/mol. The molecule has 3 amide bonds. The maximum Gasteiger partial charge on any atom is 0.409 e. The van der Waals surface area contributed by atoms with Gasteiger partial charge < -0.3 is 24.2 Å². The van der Waals surface area contributed by atoms with Crippen LogP contribution in [0, 0.1) is 0 Å². The van der Waals surface area contributed by atoms with Gasteiger partial charge in [0.25, 0.3) is 5.91 Å². The second-order valence-corrected chi connectivity index (χ2v) is 11.0. The first-order chi connectivity index (χ1) is 16.9. The van der Waals surface area contributed by atoms with Gasteiger partial charge in [-0.1, -0.05) is 18.9 Å². The topological polar surface area (TPSA) is 79.4 Å². The van der Waals surface area contributed by atoms with E-state index >= 15 is 0 Å². The fraction of sp³-hybridized carbons (Fsp3) is 0.560. The highest BCUT2D eigenvalue weighted by atomic mass is 79.9. The van der Waals surface area contributed by atoms with Crippen molar-refractivity contribution in [3.8, 4) is 5.75 Å². The Balaban J connectivity index is 1.47. The molecule has 2 aliphatic heterocycles. The predicted octanol–water partition coefficient (Wildman–Crippen LogP) is 3.99. The average molecular weight is 567 g/mol. The molecule has 8 nitrogen and oxygen atoms in total. The normalized spacial score (nSPS) is 23.8. The first kappa shape index (κ1) is 25.9. The van der Waals surface area contributed by atoms with E-state index in [2.05, 4.69) is 15.9 Å². The zero-order chi connectivity index (χ0) is 24.9. The largest absolute Gasteiger partial charge is 0.496 e. The van der Waals surface area contributed by atoms with Crippen LogP contribution in [-0.2, 0) is 14.3 Å². The number of fused-ring (bicyclic) bond motifs is 1. The molecule has 4 rings (SSSR count). The highest BCUT2D eigenvalue weighted by molar-refractivity contribution is 9.10. The Morgan fingerprint density at radius 1 is 1.14 bits per heavy atom. The number of hydrogen-bond acceptors (Lipinski definition) is 6. The molecule has 0 N–H and O–H groups in total. The Kier molecular flexibility index (Phi) is 8.64. The molecule has 2 heterocycles. The minimum Gasteiger partial charge on any atom is -0.496 e. The van der Waals surface area contributed by atoms with Crippen LogP contribution >= 0.6 is 27.7 Å². The Morgan fingerprint density at radius 2 is 1.86 bits per heavy atom. The lowest BCUT2D eigenvalue weighted by molar-refractivity contribution is -0.141. The van der Waals surface area contributed by atoms with E-state index in [1.165, 1.54) is 0 Å². The number of carbonyl (C=O) groups excluding carboxylic acids is 3. The maximum absolute atomic E-state index is 13.6. The van der Waals surface area contributed by atoms with Gasteiger partial charge >= 0.3 is 6.09 Å². The van der Waals surface area contributed by atoms with Gasteiger partial charge in [-0.15, -0.1) is 11.8 Å². The van der Waals surface area contributed by atoms with Crippen molar-refractivity contribution in [3.63, 3.8) is 0 Å². The molecule has 1 aliphatic carbocycles. The van der Waals surface area contributed by atoms with Crippen molar-refractivity contribution >= 4 is 51.7 Å². The Labute approximate surface area is 219 Å². The van der Waals surface area contributed by atoms with Crippen molar-refractivity contribution in [1.29, 1.82) is 0 Å². The summed E-state index contributed by atoms with van der Waals surface area (Å²) in [5.41, 5.74) is 0.907. The monoisotopic (exact) mass is 565 g/mol. The van der Waals surface area contributed by atoms with E-state index in [9.17, 15) is 14.4 Å². The minimum absolute atomic E-state index is 0.0652. The molecule has 1 saturated carbocycles. The fourth-order valence-corrected chi connectivity index (χ4v) is 6.92. The molecule has 0 spiro atoms. The van der Waals surface area contributed by atoms with Gasteiger partial charge in [-0.05, 0) is 59.5 Å². The van der Waals surface area contributed by atoms with Crippen molar-refractivity contribution in [1.82, 2.24) is 14.7 Å². The van der Waals surface area contributed by atoms with Gasteiger partial charge in [-0.2, -0.15) is 0 Å². The number of thioether (sulfide) groups is 1. The van der Waals surface area contributed by atoms with Gasteiger partial charge in [-0.3, -0.25) is 9.59 Å². The minimum atomic E-state index is -0.340. The van der Waals surface area contributed by atoms with Crippen LogP contribution in [0.5, 0.6) is 5.75 Å². The van der Waals surface area contributed by atoms with Crippen LogP contribution < -0.4 is 4.74 Å². The number of halogens is 1. The van der Waals surface area contributed by atoms with Gasteiger partial charge in [0.2, 0.25) is 5.91 Å². The SMILES string of the molecule is CCOC(=O)N1CCN(C(=O)CN2C(=O)/C(=C/c3ccc(OC)c(Br)c3)SC3CCCCC32)CC1. The van der Waals surface area contributed by atoms with Gasteiger partial charge in [0.05, 0.1) is 23.1 Å². The highest BCUT2D eigenvalue weighted by Crippen LogP contribution is 2.42. The van der Waals surface area contributed by atoms with E-state index in [0.29, 0.717) is 42.9 Å². The van der Waals surface area contributed by atoms with Gasteiger partial charge in [0, 0.05) is 37.5 Å². The van der Waals surface area contributed by atoms with Crippen LogP contribution in [0.4, 0.5) is 4.79 Å². The van der Waals surface area contributed by atoms with E-state index in [4.69, 9.17) is 9.47 Å². The summed E-state index contributed by atoms with van der Waals surface area (Å²) in [5.74, 6) is 0.589. The lowest BCUT2D eigenvalue weighted by Gasteiger charge is -2.44. The quantitative estimate of drug-likeness (QED) is 0.502. The predicted molar refractivity (Wildman–Crippen MR) is 139 cm³/mol. The van der Waals surface area contributed by atoms with Crippen LogP contribution in [0.1, 0.15) is 38.2 Å². The molecule has 10 heteroatoms. The standard InChI is InChI=1S/C25H32BrN3O5S/c1-3-34-25(32)28-12-10-27(11-13-28)23(30)16-29-19-6-4-5-7-21(19)35-22(24(29)31)15-17-8-9-20(33-2)18(26)14-17/h8-9,14-15,19,21H,3-7,10-13,16H2,1-2H3/b22-15-. The number of amides is 3. The number of nitrogens with zero attached hydrogens (tertiary/aromatic N) is 3. The van der Waals surface area contributed by atoms with Crippen LogP contribution in [0.25, 0.3) is 6.08 Å². The molecule has 3 aliphatic rings. The molecule has 1 aromatic carbocycles. The van der Waals surface area contributed by atoms with E-state index < -0.39 is 0 Å². The van der Waals surface area contributed by atoms with Crippen LogP contribution in [0.3, 0.4) is 0 Å². The zero-order valence-corrected chi connectivity index (χ0v) is 22.6. The van der Waals surface area contributed by atoms with Crippen molar-refractivity contribution in [2.75, 3.05) is 46.4 Å². The number of hydrogen-bond donors (Lipinski definition) is 0. The summed E-state index contributed by atoms with van der Waals surface area (Å²) in [7, 11) is 1.62. The third-order valence-corrected chi connectivity index (χ3v) is 8.77. The lowest BCUT2D eigenvalue weighted by atomic mass is 9.93. The molecule has 0 radical (unpaired) electrons. The number of rotatable bonds is 5. The Bertz CT molecular complexity index is 995. The first-order valence-electron chi connectivity index (χ1n) is 12.1. The summed E-state index contributed by atoms with van der Waals surface area (Å²) in [6.45, 7) is 3.97. The third-order valence-electron chi connectivity index (χ3n) is 6.76. The summed E-state index contributed by atoms with van der Waals surface area (Å²) < 4.78 is 11.2. The van der Waals surface area contributed by atoms with E-state index in [1.54, 1.807) is 40.5 Å². The smallest absolute Gasteiger partial charge is 0.409 e. The molecule has 1 aromatic rings. The van der Waals surface area contributed by atoms with Crippen molar-refractivity contribution in [2.45, 2.75) is 43.9 Å². The van der Waals surface area contributed by atoms with Crippen LogP contribution in [0.15, 0.2) is 27.6 Å². The first-order valence-corrected chi connectivity index (χ1v) is 13.8. The zero-order valence-electron chi connectivity index (χ0n) is 20.2. The van der Waals surface area contributed by atoms with Crippen LogP contribution in [-0.4, -0.2) is 90.3 Å². The lowest BCUT2D eigenvalue weighted by Crippen LogP contribution is -2.57. The van der Waals surface area contributed by atoms with Gasteiger partial charge in [0.15, 0.2) is 0 Å². The molecular formula is C25H32BrN3O5S. The number of piperazine rings is 1. The van der Waals surface area contributed by atoms with E-state index in [1.807, 2.05) is 24.3 Å². The highest BCUT2D eigenvalue weighted by Gasteiger charge is 2.42. The summed E-state index contributed by atoms with van der Waals surface area (Å²) in [6.07, 6.45) is 5.75. The summed E-state index contributed by atoms with van der Waals surface area (Å²) in [6, 6.07) is 5.81. The molecule has 0 aromatic heterocycles. The van der Waals surface area contributed by atoms with Gasteiger partial charge in [-0.25, -0.2) is 4.79 Å². The van der Waals surface area contributed by atoms with Crippen molar-refractivity contribution < 1.29 is 23.9 Å². The summed E-state index contributed by atoms with van der Waals surface area (Å²) in [5, 5.41) is 0.294. The van der Waals surface area contributed by atoms with Gasteiger partial charge in [0.1, 0.15) is 12.3 Å². The molecule has 0 bridgehead atoms. The molecule has 2 saturated heterocycles. The molecule has 2 unspecified atom stereocenters. The van der Waals surface area contributed by atoms with Crippen molar-refractivity contribution in [3.05, 3.63) is 33.1 Å². The van der Waals surface area contributed by atoms with Crippen LogP contribution in [0.2, 0.25) is 0 Å². The van der Waals surface area contributed by atoms with E-state index in [0.717, 1.165) is 41.5 Å². The Hall–Kier alpha value is -2.20. The number of benzene rings is 1. The number of carbonyl (C=O) groups is 3. The number of methoxy groups -OCH3 is 1. The van der Waals surface area contributed by atoms with E-state index in [-0.39, 0.29) is 30.5 Å². The summed E-state index contributed by atoms with van der Waals surface area (Å²) in [4.78, 5) is 44.6. The van der Waals surface area contributed by atoms with Crippen molar-refractivity contribution in [2.24, 2.45) is 0 Å².